The second kappa shape index (κ2) is 7.61. The summed E-state index contributed by atoms with van der Waals surface area (Å²) in [5, 5.41) is 2.61. The van der Waals surface area contributed by atoms with Crippen LogP contribution in [-0.2, 0) is 10.1 Å². The average molecular weight is 383 g/mol. The van der Waals surface area contributed by atoms with Crippen molar-refractivity contribution in [2.24, 2.45) is 0 Å². The molecule has 0 saturated heterocycles. The summed E-state index contributed by atoms with van der Waals surface area (Å²) >= 11 is 0. The zero-order valence-electron chi connectivity index (χ0n) is 14.4. The van der Waals surface area contributed by atoms with Crippen molar-refractivity contribution >= 4 is 21.7 Å². The van der Waals surface area contributed by atoms with E-state index in [1.807, 2.05) is 42.5 Å². The number of methoxy groups -OCH3 is 1. The Morgan fingerprint density at radius 1 is 0.926 bits per heavy atom. The molecule has 0 unspecified atom stereocenters. The van der Waals surface area contributed by atoms with E-state index in [0.717, 1.165) is 17.2 Å². The first-order valence-electron chi connectivity index (χ1n) is 8.01. The second-order valence-corrected chi connectivity index (χ2v) is 7.16. The number of ether oxygens (including phenoxy) is 1. The number of carbonyl (C=O) groups excluding carboxylic acids is 1. The van der Waals surface area contributed by atoms with Gasteiger partial charge in [0.2, 0.25) is 0 Å². The van der Waals surface area contributed by atoms with Crippen molar-refractivity contribution in [2.75, 3.05) is 12.4 Å². The molecule has 1 amide bonds. The summed E-state index contributed by atoms with van der Waals surface area (Å²) in [6.45, 7) is 0. The van der Waals surface area contributed by atoms with Crippen LogP contribution in [0.3, 0.4) is 0 Å². The molecule has 0 bridgehead atoms. The SMILES string of the molecule is COc1ccc(S(=O)(=O)O)cc1NC(=O)c1ccc(-c2ccccc2)cc1. The number of anilines is 1. The molecule has 0 aliphatic carbocycles. The van der Waals surface area contributed by atoms with Crippen LogP contribution < -0.4 is 10.1 Å². The maximum absolute atomic E-state index is 12.5. The highest BCUT2D eigenvalue weighted by Gasteiger charge is 2.15. The summed E-state index contributed by atoms with van der Waals surface area (Å²) in [6.07, 6.45) is 0. The van der Waals surface area contributed by atoms with Gasteiger partial charge in [0.15, 0.2) is 0 Å². The normalized spacial score (nSPS) is 11.0. The number of benzene rings is 3. The van der Waals surface area contributed by atoms with Crippen molar-refractivity contribution in [2.45, 2.75) is 4.90 Å². The summed E-state index contributed by atoms with van der Waals surface area (Å²) in [4.78, 5) is 12.2. The predicted molar refractivity (Wildman–Crippen MR) is 103 cm³/mol. The molecular weight excluding hydrogens is 366 g/mol. The van der Waals surface area contributed by atoms with Gasteiger partial charge in [-0.1, -0.05) is 42.5 Å². The molecule has 0 aliphatic heterocycles. The molecule has 3 aromatic rings. The number of nitrogens with one attached hydrogen (secondary N) is 1. The smallest absolute Gasteiger partial charge is 0.294 e. The first kappa shape index (κ1) is 18.6. The van der Waals surface area contributed by atoms with Crippen LogP contribution in [-0.4, -0.2) is 26.0 Å². The van der Waals surface area contributed by atoms with Gasteiger partial charge >= 0.3 is 0 Å². The Hall–Kier alpha value is -3.16. The van der Waals surface area contributed by atoms with E-state index < -0.39 is 16.0 Å². The van der Waals surface area contributed by atoms with Crippen LogP contribution in [0.5, 0.6) is 5.75 Å². The summed E-state index contributed by atoms with van der Waals surface area (Å²) in [6, 6.07) is 20.5. The summed E-state index contributed by atoms with van der Waals surface area (Å²) in [5.74, 6) is -0.156. The third-order valence-electron chi connectivity index (χ3n) is 3.97. The molecule has 0 heterocycles. The quantitative estimate of drug-likeness (QED) is 0.653. The number of carbonyl (C=O) groups is 1. The predicted octanol–water partition coefficient (Wildman–Crippen LogP) is 3.86. The molecule has 0 spiro atoms. The topological polar surface area (TPSA) is 92.7 Å². The molecular formula is C20H17NO5S. The van der Waals surface area contributed by atoms with Crippen LogP contribution in [0.2, 0.25) is 0 Å². The van der Waals surface area contributed by atoms with Gasteiger partial charge in [-0.15, -0.1) is 0 Å². The van der Waals surface area contributed by atoms with Gasteiger partial charge in [-0.2, -0.15) is 8.42 Å². The summed E-state index contributed by atoms with van der Waals surface area (Å²) in [5.41, 5.74) is 2.55. The minimum Gasteiger partial charge on any atom is -0.495 e. The highest BCUT2D eigenvalue weighted by Crippen LogP contribution is 2.28. The Balaban J connectivity index is 1.85. The number of amides is 1. The lowest BCUT2D eigenvalue weighted by Crippen LogP contribution is -2.13. The van der Waals surface area contributed by atoms with Gasteiger partial charge in [0.25, 0.3) is 16.0 Å². The van der Waals surface area contributed by atoms with Gasteiger partial charge < -0.3 is 10.1 Å². The van der Waals surface area contributed by atoms with Gasteiger partial charge in [-0.25, -0.2) is 0 Å². The van der Waals surface area contributed by atoms with Gasteiger partial charge in [0.05, 0.1) is 17.7 Å². The largest absolute Gasteiger partial charge is 0.495 e. The maximum atomic E-state index is 12.5. The van der Waals surface area contributed by atoms with Crippen molar-refractivity contribution in [3.8, 4) is 16.9 Å². The highest BCUT2D eigenvalue weighted by atomic mass is 32.2. The average Bonchev–Trinajstić information content (AvgIpc) is 2.68. The monoisotopic (exact) mass is 383 g/mol. The second-order valence-electron chi connectivity index (χ2n) is 5.73. The van der Waals surface area contributed by atoms with E-state index in [9.17, 15) is 17.8 Å². The third-order valence-corrected chi connectivity index (χ3v) is 4.82. The zero-order valence-corrected chi connectivity index (χ0v) is 15.2. The van der Waals surface area contributed by atoms with Crippen molar-refractivity contribution in [3.05, 3.63) is 78.4 Å². The zero-order chi connectivity index (χ0) is 19.4. The fraction of sp³-hybridized carbons (Fsp3) is 0.0500. The van der Waals surface area contributed by atoms with Gasteiger partial charge in [0.1, 0.15) is 5.75 Å². The van der Waals surface area contributed by atoms with Crippen molar-refractivity contribution in [1.82, 2.24) is 0 Å². The number of hydrogen-bond acceptors (Lipinski definition) is 4. The molecule has 0 fully saturated rings. The first-order chi connectivity index (χ1) is 12.9. The summed E-state index contributed by atoms with van der Waals surface area (Å²) < 4.78 is 37.0. The van der Waals surface area contributed by atoms with E-state index in [1.165, 1.54) is 19.2 Å². The molecule has 0 aliphatic rings. The van der Waals surface area contributed by atoms with Gasteiger partial charge in [-0.05, 0) is 41.5 Å². The number of hydrogen-bond donors (Lipinski definition) is 2. The molecule has 0 radical (unpaired) electrons. The molecule has 0 saturated carbocycles. The van der Waals surface area contributed by atoms with Crippen LogP contribution in [0.15, 0.2) is 77.7 Å². The Morgan fingerprint density at radius 2 is 1.56 bits per heavy atom. The van der Waals surface area contributed by atoms with E-state index in [0.29, 0.717) is 5.56 Å². The fourth-order valence-corrected chi connectivity index (χ4v) is 3.09. The van der Waals surface area contributed by atoms with Crippen LogP contribution in [0.1, 0.15) is 10.4 Å². The number of rotatable bonds is 5. The lowest BCUT2D eigenvalue weighted by atomic mass is 10.0. The Bertz CT molecular complexity index is 1060. The Kier molecular flexibility index (Phi) is 5.25. The molecule has 7 heteroatoms. The van der Waals surface area contributed by atoms with Crippen LogP contribution >= 0.6 is 0 Å². The van der Waals surface area contributed by atoms with Crippen molar-refractivity contribution < 1.29 is 22.5 Å². The maximum Gasteiger partial charge on any atom is 0.294 e. The highest BCUT2D eigenvalue weighted by molar-refractivity contribution is 7.85. The van der Waals surface area contributed by atoms with E-state index in [1.54, 1.807) is 12.1 Å². The standard InChI is InChI=1S/C20H17NO5S/c1-26-19-12-11-17(27(23,24)25)13-18(19)21-20(22)16-9-7-15(8-10-16)14-5-3-2-4-6-14/h2-13H,1H3,(H,21,22)(H,23,24,25). The molecule has 3 aromatic carbocycles. The molecule has 6 nitrogen and oxygen atoms in total. The van der Waals surface area contributed by atoms with Gasteiger partial charge in [0, 0.05) is 5.56 Å². The molecule has 3 rings (SSSR count). The van der Waals surface area contributed by atoms with Gasteiger partial charge in [-0.3, -0.25) is 9.35 Å². The lowest BCUT2D eigenvalue weighted by Gasteiger charge is -2.11. The van der Waals surface area contributed by atoms with Crippen LogP contribution in [0.4, 0.5) is 5.69 Å². The summed E-state index contributed by atoms with van der Waals surface area (Å²) in [7, 11) is -3.00. The van der Waals surface area contributed by atoms with E-state index in [4.69, 9.17) is 4.74 Å². The Labute approximate surface area is 157 Å². The first-order valence-corrected chi connectivity index (χ1v) is 9.45. The third kappa shape index (κ3) is 4.33. The lowest BCUT2D eigenvalue weighted by molar-refractivity contribution is 0.102. The van der Waals surface area contributed by atoms with E-state index in [2.05, 4.69) is 5.32 Å². The minimum absolute atomic E-state index is 0.143. The minimum atomic E-state index is -4.39. The van der Waals surface area contributed by atoms with Crippen molar-refractivity contribution in [3.63, 3.8) is 0 Å². The van der Waals surface area contributed by atoms with Crippen LogP contribution in [0.25, 0.3) is 11.1 Å². The van der Waals surface area contributed by atoms with E-state index in [-0.39, 0.29) is 16.3 Å². The van der Waals surface area contributed by atoms with Crippen molar-refractivity contribution in [1.29, 1.82) is 0 Å². The van der Waals surface area contributed by atoms with E-state index >= 15 is 0 Å². The fourth-order valence-electron chi connectivity index (χ4n) is 2.58. The molecule has 0 atom stereocenters. The molecule has 27 heavy (non-hydrogen) atoms. The molecule has 2 N–H and O–H groups in total. The Morgan fingerprint density at radius 3 is 2.15 bits per heavy atom. The molecule has 138 valence electrons. The van der Waals surface area contributed by atoms with Crippen LogP contribution in [0, 0.1) is 0 Å². The molecule has 0 aromatic heterocycles.